The first kappa shape index (κ1) is 28.3. The zero-order valence-electron chi connectivity index (χ0n) is 26.2. The Balaban J connectivity index is 1.74. The van der Waals surface area contributed by atoms with Crippen LogP contribution in [0, 0.1) is 0 Å². The van der Waals surface area contributed by atoms with Gasteiger partial charge in [-0.15, -0.1) is 0 Å². The van der Waals surface area contributed by atoms with E-state index in [4.69, 9.17) is 9.75 Å². The summed E-state index contributed by atoms with van der Waals surface area (Å²) in [6.45, 7) is 18.4. The average Bonchev–Trinajstić information content (AvgIpc) is 3.00. The maximum absolute atomic E-state index is 5.81. The number of pyridine rings is 1. The number of nitrogens with zero attached hydrogens (tertiary/aromatic N) is 3. The molecule has 0 aliphatic carbocycles. The minimum absolute atomic E-state index is 0.00253. The van der Waals surface area contributed by atoms with Crippen molar-refractivity contribution in [3.63, 3.8) is 0 Å². The molecule has 0 saturated carbocycles. The summed E-state index contributed by atoms with van der Waals surface area (Å²) in [5.74, 6) is 0.988. The number of rotatable bonds is 2. The van der Waals surface area contributed by atoms with E-state index in [9.17, 15) is 0 Å². The van der Waals surface area contributed by atoms with E-state index >= 15 is 0 Å². The topological polar surface area (TPSA) is 28.5 Å². The minimum atomic E-state index is -2.67. The fourth-order valence-electron chi connectivity index (χ4n) is 6.24. The van der Waals surface area contributed by atoms with Crippen LogP contribution >= 0.6 is 7.41 Å². The second-order valence-corrected chi connectivity index (χ2v) is 17.2. The van der Waals surface area contributed by atoms with Gasteiger partial charge in [0.05, 0.1) is 0 Å². The predicted octanol–water partition coefficient (Wildman–Crippen LogP) is 9.11. The van der Waals surface area contributed by atoms with Gasteiger partial charge in [-0.25, -0.2) is 0 Å². The van der Waals surface area contributed by atoms with Crippen molar-refractivity contribution in [1.82, 2.24) is 4.98 Å². The SMILES string of the molecule is C/C1=C\C=C/C2=N[PH](C)(c3ccccc31)c1c(-c3ccccn3)cccc1N2c1cc(C(C)(C)C)cc(C(C)(C)C)c1. The first-order valence-corrected chi connectivity index (χ1v) is 17.4. The van der Waals surface area contributed by atoms with Crippen molar-refractivity contribution in [3.05, 3.63) is 120 Å². The van der Waals surface area contributed by atoms with Crippen molar-refractivity contribution in [2.45, 2.75) is 59.3 Å². The van der Waals surface area contributed by atoms with Crippen molar-refractivity contribution in [1.29, 1.82) is 0 Å². The van der Waals surface area contributed by atoms with Gasteiger partial charge in [-0.2, -0.15) is 0 Å². The van der Waals surface area contributed by atoms with E-state index in [1.54, 1.807) is 0 Å². The summed E-state index contributed by atoms with van der Waals surface area (Å²) in [6.07, 6.45) is 8.50. The fourth-order valence-corrected chi connectivity index (χ4v) is 10.0. The third-order valence-corrected chi connectivity index (χ3v) is 12.3. The van der Waals surface area contributed by atoms with E-state index in [0.717, 1.165) is 22.8 Å². The summed E-state index contributed by atoms with van der Waals surface area (Å²) >= 11 is 0. The van der Waals surface area contributed by atoms with Crippen molar-refractivity contribution < 1.29 is 0 Å². The first-order valence-electron chi connectivity index (χ1n) is 14.9. The van der Waals surface area contributed by atoms with Gasteiger partial charge in [0.2, 0.25) is 0 Å². The molecule has 3 nitrogen and oxygen atoms in total. The average molecular weight is 572 g/mol. The molecule has 3 heterocycles. The van der Waals surface area contributed by atoms with Gasteiger partial charge < -0.3 is 0 Å². The molecule has 0 saturated heterocycles. The predicted molar refractivity (Wildman–Crippen MR) is 186 cm³/mol. The molecule has 2 aliphatic heterocycles. The summed E-state index contributed by atoms with van der Waals surface area (Å²) in [4.78, 5) is 7.24. The second kappa shape index (κ2) is 10.2. The first-order chi connectivity index (χ1) is 19.9. The van der Waals surface area contributed by atoms with Crippen molar-refractivity contribution >= 4 is 40.8 Å². The molecule has 3 aromatic carbocycles. The quantitative estimate of drug-likeness (QED) is 0.225. The van der Waals surface area contributed by atoms with Gasteiger partial charge in [0.15, 0.2) is 0 Å². The van der Waals surface area contributed by atoms with Crippen LogP contribution < -0.4 is 15.5 Å². The van der Waals surface area contributed by atoms with E-state index in [0.29, 0.717) is 0 Å². The molecule has 0 atom stereocenters. The van der Waals surface area contributed by atoms with Gasteiger partial charge in [-0.05, 0) is 0 Å². The Bertz CT molecular complexity index is 1730. The molecule has 4 heteroatoms. The summed E-state index contributed by atoms with van der Waals surface area (Å²) < 4.78 is 5.81. The van der Waals surface area contributed by atoms with Gasteiger partial charge >= 0.3 is 253 Å². The maximum atomic E-state index is 5.81. The Kier molecular flexibility index (Phi) is 6.86. The van der Waals surface area contributed by atoms with E-state index in [2.05, 4.69) is 151 Å². The number of hydrogen-bond donors (Lipinski definition) is 0. The summed E-state index contributed by atoms with van der Waals surface area (Å²) in [5, 5.41) is 2.64. The van der Waals surface area contributed by atoms with Crippen LogP contribution in [0.25, 0.3) is 16.8 Å². The summed E-state index contributed by atoms with van der Waals surface area (Å²) in [5.41, 5.74) is 9.69. The van der Waals surface area contributed by atoms with Crippen molar-refractivity contribution in [3.8, 4) is 11.3 Å². The van der Waals surface area contributed by atoms with Crippen LogP contribution in [0.3, 0.4) is 0 Å². The van der Waals surface area contributed by atoms with Crippen LogP contribution in [-0.2, 0) is 10.8 Å². The van der Waals surface area contributed by atoms with Crippen LogP contribution in [0.2, 0.25) is 0 Å². The molecule has 214 valence electrons. The number of fused-ring (bicyclic) bond motifs is 5. The van der Waals surface area contributed by atoms with Crippen LogP contribution in [-0.4, -0.2) is 17.5 Å². The molecule has 0 amide bonds. The van der Waals surface area contributed by atoms with E-state index < -0.39 is 7.41 Å². The van der Waals surface area contributed by atoms with Gasteiger partial charge in [-0.3, -0.25) is 0 Å². The standard InChI is InChI=1S/C38H42N3P/c1-26-15-13-21-35-40-42(8,34-20-10-9-16-30(26)34)36-31(32-18-11-12-22-39-32)17-14-19-33(36)41(35)29-24-27(37(2,3)4)23-28(25-29)38(5,6)7/h9-25,42H,1-8H3/b21-13-,26-15+. The number of amidine groups is 1. The molecule has 42 heavy (non-hydrogen) atoms. The van der Waals surface area contributed by atoms with E-state index in [1.165, 1.54) is 38.6 Å². The molecule has 0 N–H and O–H groups in total. The Morgan fingerprint density at radius 3 is 2.07 bits per heavy atom. The molecule has 0 fully saturated rings. The van der Waals surface area contributed by atoms with Crippen LogP contribution in [0.5, 0.6) is 0 Å². The summed E-state index contributed by atoms with van der Waals surface area (Å²) in [6, 6.07) is 28.9. The Labute approximate surface area is 252 Å². The molecular weight excluding hydrogens is 529 g/mol. The molecule has 1 aromatic heterocycles. The molecule has 0 spiro atoms. The number of allylic oxidation sites excluding steroid dienone is 3. The van der Waals surface area contributed by atoms with Gasteiger partial charge in [0, 0.05) is 0 Å². The van der Waals surface area contributed by atoms with E-state index in [-0.39, 0.29) is 10.8 Å². The van der Waals surface area contributed by atoms with Gasteiger partial charge in [-0.1, -0.05) is 0 Å². The zero-order valence-corrected chi connectivity index (χ0v) is 27.2. The molecular formula is C38H42N3P. The van der Waals surface area contributed by atoms with Gasteiger partial charge in [0.1, 0.15) is 0 Å². The molecule has 2 aliphatic rings. The molecule has 2 bridgehead atoms. The van der Waals surface area contributed by atoms with Crippen molar-refractivity contribution in [2.75, 3.05) is 11.6 Å². The van der Waals surface area contributed by atoms with Crippen LogP contribution in [0.1, 0.15) is 65.2 Å². The number of aromatic nitrogens is 1. The van der Waals surface area contributed by atoms with Gasteiger partial charge in [0.25, 0.3) is 0 Å². The molecule has 6 rings (SSSR count). The summed E-state index contributed by atoms with van der Waals surface area (Å²) in [7, 11) is -2.67. The number of benzene rings is 3. The number of anilines is 2. The Morgan fingerprint density at radius 1 is 0.738 bits per heavy atom. The van der Waals surface area contributed by atoms with Crippen LogP contribution in [0.15, 0.2) is 108 Å². The Morgan fingerprint density at radius 2 is 1.40 bits per heavy atom. The molecule has 0 unspecified atom stereocenters. The normalized spacial score (nSPS) is 18.7. The number of hydrogen-bond acceptors (Lipinski definition) is 3. The Hall–Kier alpha value is -3.81. The zero-order chi connectivity index (χ0) is 29.9. The van der Waals surface area contributed by atoms with Crippen molar-refractivity contribution in [2.24, 2.45) is 4.76 Å². The van der Waals surface area contributed by atoms with Crippen LogP contribution in [0.4, 0.5) is 11.4 Å². The fraction of sp³-hybridized carbons (Fsp3) is 0.263. The third kappa shape index (κ3) is 4.84. The third-order valence-electron chi connectivity index (χ3n) is 8.65. The second-order valence-electron chi connectivity index (χ2n) is 13.8. The monoisotopic (exact) mass is 571 g/mol. The van der Waals surface area contributed by atoms with E-state index in [1.807, 2.05) is 12.3 Å². The molecule has 0 radical (unpaired) electrons. The molecule has 4 aromatic rings.